The lowest BCUT2D eigenvalue weighted by Gasteiger charge is -2.23. The topological polar surface area (TPSA) is 98.5 Å². The van der Waals surface area contributed by atoms with E-state index in [9.17, 15) is 17.9 Å². The lowest BCUT2D eigenvalue weighted by Crippen LogP contribution is -2.14. The Bertz CT molecular complexity index is 682. The van der Waals surface area contributed by atoms with Crippen molar-refractivity contribution in [2.45, 2.75) is 36.0 Å². The summed E-state index contributed by atoms with van der Waals surface area (Å²) in [5.74, 6) is 0. The third-order valence-corrected chi connectivity index (χ3v) is 8.59. The zero-order chi connectivity index (χ0) is 16.6. The third-order valence-electron chi connectivity index (χ3n) is 2.35. The molecule has 1 aromatic heterocycles. The summed E-state index contributed by atoms with van der Waals surface area (Å²) < 4.78 is 41.1. The molecule has 0 amide bonds. The van der Waals surface area contributed by atoms with Gasteiger partial charge in [-0.05, 0) is 31.6 Å². The van der Waals surface area contributed by atoms with E-state index in [0.29, 0.717) is 11.1 Å². The minimum absolute atomic E-state index is 0.0374. The van der Waals surface area contributed by atoms with E-state index in [1.54, 1.807) is 20.8 Å². The summed E-state index contributed by atoms with van der Waals surface area (Å²) in [6.07, 6.45) is 1.02. The van der Waals surface area contributed by atoms with Gasteiger partial charge in [-0.3, -0.25) is 9.25 Å². The standard InChI is InChI=1S/C9H16ClN2O5PS3/c1-9(2,3)18(13,14)17-20-19-7-6(10)8(12(4)11-7)21(5,15)16/h1-5H3,(H,13,14). The van der Waals surface area contributed by atoms with Crippen molar-refractivity contribution in [2.75, 3.05) is 6.26 Å². The van der Waals surface area contributed by atoms with Gasteiger partial charge < -0.3 is 4.89 Å². The van der Waals surface area contributed by atoms with Gasteiger partial charge in [-0.25, -0.2) is 12.4 Å². The van der Waals surface area contributed by atoms with Gasteiger partial charge in [-0.2, -0.15) is 5.10 Å². The van der Waals surface area contributed by atoms with Gasteiger partial charge in [0.1, 0.15) is 5.02 Å². The van der Waals surface area contributed by atoms with Crippen LogP contribution in [0.3, 0.4) is 0 Å². The summed E-state index contributed by atoms with van der Waals surface area (Å²) in [7, 11) is -5.02. The average Bonchev–Trinajstić information content (AvgIpc) is 2.51. The van der Waals surface area contributed by atoms with Gasteiger partial charge in [0.2, 0.25) is 0 Å². The molecule has 0 fully saturated rings. The average molecular weight is 395 g/mol. The molecule has 1 unspecified atom stereocenters. The molecule has 0 aliphatic heterocycles. The fraction of sp³-hybridized carbons (Fsp3) is 0.667. The SMILES string of the molecule is Cn1nc(SSOP(=O)(O)C(C)(C)C)c(Cl)c1S(C)(=O)=O. The van der Waals surface area contributed by atoms with Crippen LogP contribution in [-0.4, -0.2) is 34.5 Å². The largest absolute Gasteiger partial charge is 0.345 e. The highest BCUT2D eigenvalue weighted by molar-refractivity contribution is 8.75. The monoisotopic (exact) mass is 394 g/mol. The molecule has 0 radical (unpaired) electrons. The minimum atomic E-state index is -3.82. The summed E-state index contributed by atoms with van der Waals surface area (Å²) in [4.78, 5) is 9.73. The highest BCUT2D eigenvalue weighted by atomic mass is 35.5. The van der Waals surface area contributed by atoms with Crippen molar-refractivity contribution in [3.05, 3.63) is 5.02 Å². The molecule has 0 aliphatic carbocycles. The second-order valence-electron chi connectivity index (χ2n) is 5.24. The molecular formula is C9H16ClN2O5PS3. The Morgan fingerprint density at radius 2 is 1.95 bits per heavy atom. The molecule has 1 N–H and O–H groups in total. The first-order valence-electron chi connectivity index (χ1n) is 5.56. The van der Waals surface area contributed by atoms with Crippen LogP contribution < -0.4 is 0 Å². The molecule has 1 atom stereocenters. The summed E-state index contributed by atoms with van der Waals surface area (Å²) >= 11 is 6.61. The van der Waals surface area contributed by atoms with Crippen molar-refractivity contribution < 1.29 is 21.8 Å². The van der Waals surface area contributed by atoms with E-state index in [2.05, 4.69) is 5.10 Å². The molecule has 1 rings (SSSR count). The Balaban J connectivity index is 2.87. The molecule has 7 nitrogen and oxygen atoms in total. The van der Waals surface area contributed by atoms with E-state index < -0.39 is 22.6 Å². The number of halogens is 1. The lowest BCUT2D eigenvalue weighted by molar-refractivity contribution is 0.370. The first-order chi connectivity index (χ1) is 9.27. The Kier molecular flexibility index (Phi) is 5.92. The molecular weight excluding hydrogens is 379 g/mol. The Labute approximate surface area is 136 Å². The Hall–Kier alpha value is 0.300. The van der Waals surface area contributed by atoms with Gasteiger partial charge in [0.15, 0.2) is 19.9 Å². The quantitative estimate of drug-likeness (QED) is 0.462. The van der Waals surface area contributed by atoms with Gasteiger partial charge in [-0.15, -0.1) is 0 Å². The van der Waals surface area contributed by atoms with E-state index in [4.69, 9.17) is 15.6 Å². The first-order valence-corrected chi connectivity index (χ1v) is 11.5. The van der Waals surface area contributed by atoms with Crippen LogP contribution in [0.15, 0.2) is 10.1 Å². The number of sulfone groups is 1. The van der Waals surface area contributed by atoms with Crippen LogP contribution in [-0.2, 0) is 25.4 Å². The van der Waals surface area contributed by atoms with Gasteiger partial charge in [0, 0.05) is 13.3 Å². The van der Waals surface area contributed by atoms with Crippen LogP contribution in [0.2, 0.25) is 5.02 Å². The summed E-state index contributed by atoms with van der Waals surface area (Å²) in [6.45, 7) is 4.73. The van der Waals surface area contributed by atoms with Crippen LogP contribution in [0.4, 0.5) is 0 Å². The van der Waals surface area contributed by atoms with Crippen molar-refractivity contribution in [1.29, 1.82) is 0 Å². The van der Waals surface area contributed by atoms with E-state index >= 15 is 0 Å². The Morgan fingerprint density at radius 3 is 2.33 bits per heavy atom. The van der Waals surface area contributed by atoms with Crippen molar-refractivity contribution in [3.63, 3.8) is 0 Å². The number of rotatable bonds is 5. The maximum atomic E-state index is 11.9. The van der Waals surface area contributed by atoms with Gasteiger partial charge >= 0.3 is 7.60 Å². The van der Waals surface area contributed by atoms with Crippen LogP contribution in [0.25, 0.3) is 0 Å². The van der Waals surface area contributed by atoms with Gasteiger partial charge in [0.25, 0.3) is 0 Å². The zero-order valence-electron chi connectivity index (χ0n) is 12.0. The second kappa shape index (κ2) is 6.43. The normalized spacial score (nSPS) is 16.0. The minimum Gasteiger partial charge on any atom is -0.323 e. The van der Waals surface area contributed by atoms with E-state index in [0.717, 1.165) is 21.7 Å². The predicted molar refractivity (Wildman–Crippen MR) is 85.4 cm³/mol. The number of nitrogens with zero attached hydrogens (tertiary/aromatic N) is 2. The molecule has 1 aromatic rings. The summed E-state index contributed by atoms with van der Waals surface area (Å²) in [5, 5.41) is 3.07. The smallest absolute Gasteiger partial charge is 0.323 e. The first kappa shape index (κ1) is 19.3. The van der Waals surface area contributed by atoms with Gasteiger partial charge in [0.05, 0.1) is 16.2 Å². The molecule has 1 heterocycles. The number of hydrogen-bond acceptors (Lipinski definition) is 7. The van der Waals surface area contributed by atoms with Gasteiger partial charge in [-0.1, -0.05) is 11.6 Å². The Morgan fingerprint density at radius 1 is 1.43 bits per heavy atom. The van der Waals surface area contributed by atoms with Crippen LogP contribution in [0, 0.1) is 0 Å². The number of aromatic nitrogens is 2. The van der Waals surface area contributed by atoms with E-state index in [-0.39, 0.29) is 15.1 Å². The maximum absolute atomic E-state index is 11.9. The van der Waals surface area contributed by atoms with Crippen LogP contribution in [0.5, 0.6) is 0 Å². The van der Waals surface area contributed by atoms with Crippen LogP contribution in [0.1, 0.15) is 20.8 Å². The maximum Gasteiger partial charge on any atom is 0.345 e. The van der Waals surface area contributed by atoms with Crippen molar-refractivity contribution >= 4 is 50.9 Å². The zero-order valence-corrected chi connectivity index (χ0v) is 16.1. The third kappa shape index (κ3) is 4.63. The molecule has 0 bridgehead atoms. The van der Waals surface area contributed by atoms with Crippen molar-refractivity contribution in [1.82, 2.24) is 9.78 Å². The molecule has 12 heteroatoms. The lowest BCUT2D eigenvalue weighted by atomic mass is 10.3. The van der Waals surface area contributed by atoms with E-state index in [1.807, 2.05) is 0 Å². The summed E-state index contributed by atoms with van der Waals surface area (Å²) in [6, 6.07) is 0. The molecule has 122 valence electrons. The number of hydrogen-bond donors (Lipinski definition) is 1. The van der Waals surface area contributed by atoms with E-state index in [1.165, 1.54) is 7.05 Å². The second-order valence-corrected chi connectivity index (χ2v) is 12.1. The molecule has 0 aromatic carbocycles. The highest BCUT2D eigenvalue weighted by Gasteiger charge is 2.37. The highest BCUT2D eigenvalue weighted by Crippen LogP contribution is 2.59. The molecule has 0 saturated carbocycles. The molecule has 21 heavy (non-hydrogen) atoms. The van der Waals surface area contributed by atoms with Crippen molar-refractivity contribution in [3.8, 4) is 0 Å². The number of aryl methyl sites for hydroxylation is 1. The predicted octanol–water partition coefficient (Wildman–Crippen LogP) is 3.13. The molecule has 0 saturated heterocycles. The van der Waals surface area contributed by atoms with Crippen LogP contribution >= 0.6 is 41.1 Å². The fourth-order valence-corrected chi connectivity index (χ4v) is 6.25. The van der Waals surface area contributed by atoms with Crippen molar-refractivity contribution in [2.24, 2.45) is 7.05 Å². The molecule has 0 spiro atoms. The fourth-order valence-electron chi connectivity index (χ4n) is 1.12. The summed E-state index contributed by atoms with van der Waals surface area (Å²) in [5.41, 5.74) is 0. The molecule has 0 aliphatic rings.